The molecule has 9 nitrogen and oxygen atoms in total. The van der Waals surface area contributed by atoms with E-state index in [-0.39, 0.29) is 35.0 Å². The predicted molar refractivity (Wildman–Crippen MR) is 144 cm³/mol. The van der Waals surface area contributed by atoms with E-state index in [0.29, 0.717) is 5.75 Å². The Balaban J connectivity index is 1.92. The second-order valence-corrected chi connectivity index (χ2v) is 11.5. The molecule has 2 aromatic carbocycles. The molecule has 0 aromatic heterocycles. The molecule has 1 aliphatic carbocycles. The van der Waals surface area contributed by atoms with Crippen molar-refractivity contribution in [3.63, 3.8) is 0 Å². The Morgan fingerprint density at radius 2 is 1.73 bits per heavy atom. The predicted octanol–water partition coefficient (Wildman–Crippen LogP) is 3.60. The molecular weight excluding hydrogens is 518 g/mol. The van der Waals surface area contributed by atoms with Gasteiger partial charge in [0.2, 0.25) is 21.8 Å². The Hall–Kier alpha value is -2.98. The lowest BCUT2D eigenvalue weighted by Gasteiger charge is -2.32. The van der Waals surface area contributed by atoms with Crippen LogP contribution in [0.5, 0.6) is 11.5 Å². The van der Waals surface area contributed by atoms with Gasteiger partial charge >= 0.3 is 0 Å². The number of hydrogen-bond acceptors (Lipinski definition) is 6. The minimum atomic E-state index is -3.91. The molecule has 0 bridgehead atoms. The van der Waals surface area contributed by atoms with Crippen molar-refractivity contribution in [1.29, 1.82) is 0 Å². The molecule has 0 heterocycles. The summed E-state index contributed by atoms with van der Waals surface area (Å²) in [6, 6.07) is 10.9. The standard InChI is InChI=1S/C26H34ClN3O6S/c1-18(26(32)28-21-7-5-6-8-21)29(16-19-9-12-22(35-2)13-10-19)25(31)17-30(37(4,33)34)23-15-20(27)11-14-24(23)36-3/h9-15,18,21H,5-8,16-17H2,1-4H3,(H,28,32)/t18-/m1/s1. The largest absolute Gasteiger partial charge is 0.497 e. The maximum atomic E-state index is 13.7. The van der Waals surface area contributed by atoms with Crippen molar-refractivity contribution >= 4 is 39.1 Å². The molecule has 0 aliphatic heterocycles. The third kappa shape index (κ3) is 7.52. The molecule has 1 fully saturated rings. The molecule has 1 saturated carbocycles. The number of sulfonamides is 1. The van der Waals surface area contributed by atoms with Crippen LogP contribution < -0.4 is 19.1 Å². The van der Waals surface area contributed by atoms with Crippen LogP contribution in [-0.2, 0) is 26.2 Å². The minimum Gasteiger partial charge on any atom is -0.497 e. The van der Waals surface area contributed by atoms with Gasteiger partial charge in [-0.25, -0.2) is 8.42 Å². The van der Waals surface area contributed by atoms with Gasteiger partial charge in [-0.1, -0.05) is 36.6 Å². The summed E-state index contributed by atoms with van der Waals surface area (Å²) in [5, 5.41) is 3.33. The highest BCUT2D eigenvalue weighted by atomic mass is 35.5. The number of nitrogens with one attached hydrogen (secondary N) is 1. The molecule has 0 spiro atoms. The minimum absolute atomic E-state index is 0.0797. The zero-order valence-corrected chi connectivity index (χ0v) is 23.1. The Kier molecular flexibility index (Phi) is 9.67. The van der Waals surface area contributed by atoms with Crippen molar-refractivity contribution < 1.29 is 27.5 Å². The molecule has 11 heteroatoms. The van der Waals surface area contributed by atoms with Crippen molar-refractivity contribution in [1.82, 2.24) is 10.2 Å². The van der Waals surface area contributed by atoms with E-state index in [1.165, 1.54) is 24.1 Å². The highest BCUT2D eigenvalue weighted by Gasteiger charge is 2.32. The van der Waals surface area contributed by atoms with Crippen LogP contribution in [0.1, 0.15) is 38.2 Å². The summed E-state index contributed by atoms with van der Waals surface area (Å²) < 4.78 is 37.1. The van der Waals surface area contributed by atoms with Crippen molar-refractivity contribution in [2.45, 2.75) is 51.2 Å². The van der Waals surface area contributed by atoms with Crippen LogP contribution in [0.3, 0.4) is 0 Å². The Bertz CT molecular complexity index is 1200. The molecule has 2 amide bonds. The summed E-state index contributed by atoms with van der Waals surface area (Å²) in [5.74, 6) is 0.0821. The van der Waals surface area contributed by atoms with Crippen molar-refractivity contribution in [3.05, 3.63) is 53.1 Å². The summed E-state index contributed by atoms with van der Waals surface area (Å²) in [4.78, 5) is 28.2. The SMILES string of the molecule is COc1ccc(CN(C(=O)CN(c2cc(Cl)ccc2OC)S(C)(=O)=O)[C@H](C)C(=O)NC2CCCC2)cc1. The van der Waals surface area contributed by atoms with E-state index in [0.717, 1.165) is 41.8 Å². The zero-order valence-electron chi connectivity index (χ0n) is 21.6. The number of carbonyl (C=O) groups is 2. The molecule has 1 N–H and O–H groups in total. The number of ether oxygens (including phenoxy) is 2. The molecule has 1 aliphatic rings. The summed E-state index contributed by atoms with van der Waals surface area (Å²) in [6.45, 7) is 1.22. The van der Waals surface area contributed by atoms with Crippen LogP contribution in [0.15, 0.2) is 42.5 Å². The smallest absolute Gasteiger partial charge is 0.244 e. The summed E-state index contributed by atoms with van der Waals surface area (Å²) in [7, 11) is -0.949. The molecule has 2 aromatic rings. The quantitative estimate of drug-likeness (QED) is 0.457. The first kappa shape index (κ1) is 28.6. The number of nitrogens with zero attached hydrogens (tertiary/aromatic N) is 2. The molecule has 0 radical (unpaired) electrons. The van der Waals surface area contributed by atoms with E-state index >= 15 is 0 Å². The number of amides is 2. The van der Waals surface area contributed by atoms with Crippen molar-refractivity contribution in [2.75, 3.05) is 31.3 Å². The third-order valence-corrected chi connectivity index (χ3v) is 7.83. The lowest BCUT2D eigenvalue weighted by atomic mass is 10.1. The van der Waals surface area contributed by atoms with Crippen LogP contribution >= 0.6 is 11.6 Å². The number of halogens is 1. The average molecular weight is 552 g/mol. The number of carbonyl (C=O) groups excluding carboxylic acids is 2. The maximum absolute atomic E-state index is 13.7. The fraction of sp³-hybridized carbons (Fsp3) is 0.462. The highest BCUT2D eigenvalue weighted by Crippen LogP contribution is 2.33. The van der Waals surface area contributed by atoms with Crippen molar-refractivity contribution in [3.8, 4) is 11.5 Å². The Morgan fingerprint density at radius 3 is 2.30 bits per heavy atom. The van der Waals surface area contributed by atoms with Gasteiger partial charge in [0.05, 0.1) is 26.2 Å². The summed E-state index contributed by atoms with van der Waals surface area (Å²) in [5.41, 5.74) is 0.902. The number of benzene rings is 2. The number of anilines is 1. The zero-order chi connectivity index (χ0) is 27.2. The van der Waals surface area contributed by atoms with Gasteiger partial charge in [-0.3, -0.25) is 13.9 Å². The monoisotopic (exact) mass is 551 g/mol. The first-order chi connectivity index (χ1) is 17.5. The lowest BCUT2D eigenvalue weighted by molar-refractivity contribution is -0.139. The van der Waals surface area contributed by atoms with Crippen LogP contribution in [0, 0.1) is 0 Å². The van der Waals surface area contributed by atoms with Gasteiger partial charge in [-0.2, -0.15) is 0 Å². The number of hydrogen-bond donors (Lipinski definition) is 1. The topological polar surface area (TPSA) is 105 Å². The molecule has 202 valence electrons. The number of methoxy groups -OCH3 is 2. The maximum Gasteiger partial charge on any atom is 0.244 e. The number of rotatable bonds is 11. The van der Waals surface area contributed by atoms with E-state index in [4.69, 9.17) is 21.1 Å². The fourth-order valence-electron chi connectivity index (χ4n) is 4.36. The summed E-state index contributed by atoms with van der Waals surface area (Å²) >= 11 is 6.14. The van der Waals surface area contributed by atoms with Gasteiger partial charge in [0, 0.05) is 17.6 Å². The van der Waals surface area contributed by atoms with Crippen LogP contribution in [0.4, 0.5) is 5.69 Å². The lowest BCUT2D eigenvalue weighted by Crippen LogP contribution is -2.52. The van der Waals surface area contributed by atoms with Gasteiger partial charge in [0.25, 0.3) is 0 Å². The van der Waals surface area contributed by atoms with Gasteiger partial charge in [0.15, 0.2) is 0 Å². The molecule has 3 rings (SSSR count). The molecule has 1 atom stereocenters. The first-order valence-electron chi connectivity index (χ1n) is 12.1. The molecule has 0 saturated heterocycles. The van der Waals surface area contributed by atoms with E-state index in [1.54, 1.807) is 44.4 Å². The molecule has 37 heavy (non-hydrogen) atoms. The van der Waals surface area contributed by atoms with Crippen molar-refractivity contribution in [2.24, 2.45) is 0 Å². The van der Waals surface area contributed by atoms with Gasteiger partial charge in [-0.05, 0) is 55.7 Å². The van der Waals surface area contributed by atoms with Gasteiger partial charge in [-0.15, -0.1) is 0 Å². The van der Waals surface area contributed by atoms with Crippen LogP contribution in [0.25, 0.3) is 0 Å². The second-order valence-electron chi connectivity index (χ2n) is 9.12. The Labute approximate surface area is 223 Å². The Morgan fingerprint density at radius 1 is 1.08 bits per heavy atom. The molecular formula is C26H34ClN3O6S. The first-order valence-corrected chi connectivity index (χ1v) is 14.3. The second kappa shape index (κ2) is 12.5. The van der Waals surface area contributed by atoms with Crippen LogP contribution in [0.2, 0.25) is 5.02 Å². The summed E-state index contributed by atoms with van der Waals surface area (Å²) in [6.07, 6.45) is 4.92. The third-order valence-electron chi connectivity index (χ3n) is 6.47. The van der Waals surface area contributed by atoms with E-state index < -0.39 is 28.5 Å². The van der Waals surface area contributed by atoms with Gasteiger partial charge in [0.1, 0.15) is 24.1 Å². The average Bonchev–Trinajstić information content (AvgIpc) is 3.38. The van der Waals surface area contributed by atoms with E-state index in [1.807, 2.05) is 0 Å². The normalized spacial score (nSPS) is 14.6. The fourth-order valence-corrected chi connectivity index (χ4v) is 5.37. The van der Waals surface area contributed by atoms with Crippen LogP contribution in [-0.4, -0.2) is 64.2 Å². The molecule has 0 unspecified atom stereocenters. The van der Waals surface area contributed by atoms with E-state index in [2.05, 4.69) is 5.32 Å². The van der Waals surface area contributed by atoms with E-state index in [9.17, 15) is 18.0 Å². The highest BCUT2D eigenvalue weighted by molar-refractivity contribution is 7.92. The van der Waals surface area contributed by atoms with Gasteiger partial charge < -0.3 is 19.7 Å².